The lowest BCUT2D eigenvalue weighted by atomic mass is 9.77. The number of rotatable bonds is 15. The zero-order chi connectivity index (χ0) is 26.7. The van der Waals surface area contributed by atoms with E-state index in [0.717, 1.165) is 0 Å². The van der Waals surface area contributed by atoms with Crippen molar-refractivity contribution in [2.75, 3.05) is 0 Å². The van der Waals surface area contributed by atoms with Crippen LogP contribution in [0.4, 0.5) is 0 Å². The van der Waals surface area contributed by atoms with Gasteiger partial charge in [0.05, 0.1) is 0 Å². The van der Waals surface area contributed by atoms with Crippen LogP contribution in [-0.4, -0.2) is 15.7 Å². The highest BCUT2D eigenvalue weighted by atomic mass is 14.2. The number of hydrogen-bond acceptors (Lipinski definition) is 0. The van der Waals surface area contributed by atoms with E-state index in [-0.39, 0.29) is 0 Å². The van der Waals surface area contributed by atoms with E-state index < -0.39 is 0 Å². The topological polar surface area (TPSA) is 0 Å². The number of aryl methyl sites for hydroxylation is 2. The number of hydrogen-bond donors (Lipinski definition) is 0. The molecular formula is C36H48B2. The molecule has 0 spiro atoms. The first-order chi connectivity index (χ1) is 18.7. The molecule has 0 amide bonds. The number of fused-ring (bicyclic) bond motifs is 2. The Hall–Kier alpha value is -2.47. The normalized spacial score (nSPS) is 11.5. The van der Waals surface area contributed by atoms with Gasteiger partial charge in [0.25, 0.3) is 0 Å². The highest BCUT2D eigenvalue weighted by Crippen LogP contribution is 2.39. The van der Waals surface area contributed by atoms with Crippen LogP contribution in [0, 0.1) is 0 Å². The van der Waals surface area contributed by atoms with Crippen LogP contribution in [0.5, 0.6) is 0 Å². The SMILES string of the molecule is Bc1cc(CCCCCCCC)c(-c2c(CCCCCCCC)cc(B)c3ccccc23)c2ccccc12. The molecule has 0 nitrogen and oxygen atoms in total. The zero-order valence-electron chi connectivity index (χ0n) is 24.7. The van der Waals surface area contributed by atoms with Crippen molar-refractivity contribution in [3.63, 3.8) is 0 Å². The van der Waals surface area contributed by atoms with Gasteiger partial charge in [-0.15, -0.1) is 0 Å². The molecule has 0 saturated carbocycles. The first kappa shape index (κ1) is 28.5. The Kier molecular flexibility index (Phi) is 11.0. The second-order valence-corrected chi connectivity index (χ2v) is 11.6. The van der Waals surface area contributed by atoms with Gasteiger partial charge in [-0.3, -0.25) is 0 Å². The minimum atomic E-state index is 1.17. The molecule has 4 aromatic rings. The minimum absolute atomic E-state index is 1.17. The third-order valence-corrected chi connectivity index (χ3v) is 8.52. The van der Waals surface area contributed by atoms with Gasteiger partial charge in [0.15, 0.2) is 0 Å². The van der Waals surface area contributed by atoms with E-state index in [1.54, 1.807) is 11.1 Å². The molecule has 0 aromatic heterocycles. The number of benzene rings is 4. The van der Waals surface area contributed by atoms with E-state index in [1.807, 2.05) is 0 Å². The lowest BCUT2D eigenvalue weighted by Crippen LogP contribution is -2.11. The Morgan fingerprint density at radius 2 is 0.789 bits per heavy atom. The van der Waals surface area contributed by atoms with Crippen molar-refractivity contribution in [3.8, 4) is 11.1 Å². The lowest BCUT2D eigenvalue weighted by molar-refractivity contribution is 0.607. The molecule has 2 heteroatoms. The van der Waals surface area contributed by atoms with Crippen molar-refractivity contribution in [1.29, 1.82) is 0 Å². The molecule has 38 heavy (non-hydrogen) atoms. The van der Waals surface area contributed by atoms with Gasteiger partial charge in [0.2, 0.25) is 0 Å². The molecule has 0 heterocycles. The minimum Gasteiger partial charge on any atom is -0.0810 e. The summed E-state index contributed by atoms with van der Waals surface area (Å²) in [6.45, 7) is 4.61. The summed E-state index contributed by atoms with van der Waals surface area (Å²) in [6, 6.07) is 23.3. The van der Waals surface area contributed by atoms with Crippen LogP contribution in [0.3, 0.4) is 0 Å². The maximum Gasteiger partial charge on any atom is 0.140 e. The summed E-state index contributed by atoms with van der Waals surface area (Å²) in [7, 11) is 4.61. The summed E-state index contributed by atoms with van der Waals surface area (Å²) in [4.78, 5) is 0. The molecule has 0 fully saturated rings. The average molecular weight is 502 g/mol. The molecule has 0 aliphatic heterocycles. The highest BCUT2D eigenvalue weighted by Gasteiger charge is 2.19. The third-order valence-electron chi connectivity index (χ3n) is 8.52. The quantitative estimate of drug-likeness (QED) is 0.114. The maximum atomic E-state index is 2.52. The van der Waals surface area contributed by atoms with Gasteiger partial charge in [-0.2, -0.15) is 0 Å². The van der Waals surface area contributed by atoms with Crippen molar-refractivity contribution in [2.24, 2.45) is 0 Å². The Morgan fingerprint density at radius 1 is 0.447 bits per heavy atom. The summed E-state index contributed by atoms with van der Waals surface area (Å²) >= 11 is 0. The van der Waals surface area contributed by atoms with E-state index in [0.29, 0.717) is 0 Å². The summed E-state index contributed by atoms with van der Waals surface area (Å²) in [5.74, 6) is 0. The van der Waals surface area contributed by atoms with E-state index in [4.69, 9.17) is 0 Å². The molecule has 0 bridgehead atoms. The van der Waals surface area contributed by atoms with Gasteiger partial charge >= 0.3 is 0 Å². The summed E-state index contributed by atoms with van der Waals surface area (Å²) in [6.07, 6.45) is 18.5. The predicted octanol–water partition coefficient (Wildman–Crippen LogP) is 7.98. The fourth-order valence-electron chi connectivity index (χ4n) is 6.43. The Morgan fingerprint density at radius 3 is 1.18 bits per heavy atom. The first-order valence-electron chi connectivity index (χ1n) is 15.7. The fraction of sp³-hybridized carbons (Fsp3) is 0.444. The summed E-state index contributed by atoms with van der Waals surface area (Å²) in [5, 5.41) is 5.69. The van der Waals surface area contributed by atoms with Crippen LogP contribution in [-0.2, 0) is 12.8 Å². The molecule has 4 rings (SSSR count). The summed E-state index contributed by atoms with van der Waals surface area (Å²) < 4.78 is 0. The van der Waals surface area contributed by atoms with Crippen LogP contribution in [0.2, 0.25) is 0 Å². The van der Waals surface area contributed by atoms with Crippen molar-refractivity contribution >= 4 is 48.2 Å². The average Bonchev–Trinajstić information content (AvgIpc) is 2.94. The molecule has 4 aromatic carbocycles. The monoisotopic (exact) mass is 502 g/mol. The van der Waals surface area contributed by atoms with Crippen LogP contribution in [0.1, 0.15) is 102 Å². The van der Waals surface area contributed by atoms with E-state index in [1.165, 1.54) is 133 Å². The highest BCUT2D eigenvalue weighted by molar-refractivity contribution is 6.41. The van der Waals surface area contributed by atoms with Crippen LogP contribution >= 0.6 is 0 Å². The largest absolute Gasteiger partial charge is 0.140 e. The van der Waals surface area contributed by atoms with E-state index in [9.17, 15) is 0 Å². The smallest absolute Gasteiger partial charge is 0.0810 e. The zero-order valence-corrected chi connectivity index (χ0v) is 24.7. The molecule has 0 saturated heterocycles. The Balaban J connectivity index is 1.79. The second-order valence-electron chi connectivity index (χ2n) is 11.6. The van der Waals surface area contributed by atoms with Gasteiger partial charge in [0, 0.05) is 0 Å². The molecule has 0 N–H and O–H groups in total. The molecule has 0 radical (unpaired) electrons. The maximum absolute atomic E-state index is 2.52. The third kappa shape index (κ3) is 6.93. The Bertz CT molecular complexity index is 1220. The lowest BCUT2D eigenvalue weighted by Gasteiger charge is -2.22. The molecule has 0 atom stereocenters. The van der Waals surface area contributed by atoms with Crippen LogP contribution in [0.15, 0.2) is 60.7 Å². The molecule has 198 valence electrons. The molecule has 0 aliphatic carbocycles. The van der Waals surface area contributed by atoms with Gasteiger partial charge in [-0.25, -0.2) is 0 Å². The molecule has 0 unspecified atom stereocenters. The summed E-state index contributed by atoms with van der Waals surface area (Å²) in [5.41, 5.74) is 8.96. The Labute approximate surface area is 234 Å². The molecule has 0 aliphatic rings. The van der Waals surface area contributed by atoms with Gasteiger partial charge in [0.1, 0.15) is 15.7 Å². The van der Waals surface area contributed by atoms with Crippen molar-refractivity contribution in [1.82, 2.24) is 0 Å². The van der Waals surface area contributed by atoms with E-state index >= 15 is 0 Å². The standard InChI is InChI=1S/C36H48B2/c1-3-5-7-9-11-13-19-27-25-33(37)29-21-15-17-23-31(29)35(27)36-28(20-14-12-10-8-6-4-2)26-34(38)30-22-16-18-24-32(30)36/h15-18,21-26H,3-14,19-20,37-38H2,1-2H3. The van der Waals surface area contributed by atoms with Gasteiger partial charge in [-0.1, -0.05) is 150 Å². The van der Waals surface area contributed by atoms with Gasteiger partial charge in [-0.05, 0) is 69.5 Å². The first-order valence-corrected chi connectivity index (χ1v) is 15.7. The second kappa shape index (κ2) is 14.6. The fourth-order valence-corrected chi connectivity index (χ4v) is 6.43. The predicted molar refractivity (Wildman–Crippen MR) is 177 cm³/mol. The van der Waals surface area contributed by atoms with E-state index in [2.05, 4.69) is 90.2 Å². The van der Waals surface area contributed by atoms with Crippen molar-refractivity contribution < 1.29 is 0 Å². The van der Waals surface area contributed by atoms with Crippen molar-refractivity contribution in [3.05, 3.63) is 71.8 Å². The van der Waals surface area contributed by atoms with Crippen LogP contribution in [0.25, 0.3) is 32.7 Å². The molecular weight excluding hydrogens is 454 g/mol. The van der Waals surface area contributed by atoms with Gasteiger partial charge < -0.3 is 0 Å². The van der Waals surface area contributed by atoms with Crippen molar-refractivity contribution in [2.45, 2.75) is 104 Å². The van der Waals surface area contributed by atoms with Crippen LogP contribution < -0.4 is 10.9 Å². The number of unbranched alkanes of at least 4 members (excludes halogenated alkanes) is 10.